The van der Waals surface area contributed by atoms with Crippen LogP contribution in [0.2, 0.25) is 0 Å². The molecule has 6 heteroatoms. The van der Waals surface area contributed by atoms with E-state index in [-0.39, 0.29) is 24.5 Å². The number of nitrogens with two attached hydrogens (primary N) is 1. The minimum Gasteiger partial charge on any atom is -0.465 e. The van der Waals surface area contributed by atoms with Gasteiger partial charge in [-0.2, -0.15) is 0 Å². The van der Waals surface area contributed by atoms with Crippen molar-refractivity contribution in [1.82, 2.24) is 0 Å². The summed E-state index contributed by atoms with van der Waals surface area (Å²) in [4.78, 5) is 24.5. The maximum absolute atomic E-state index is 14.1. The normalized spacial score (nSPS) is 11.6. The van der Waals surface area contributed by atoms with E-state index in [9.17, 15) is 14.0 Å². The Labute approximate surface area is 139 Å². The fraction of sp³-hybridized carbons (Fsp3) is 0.222. The minimum absolute atomic E-state index is 0.0217. The molecule has 0 spiro atoms. The van der Waals surface area contributed by atoms with Gasteiger partial charge in [0.05, 0.1) is 6.61 Å². The van der Waals surface area contributed by atoms with Gasteiger partial charge < -0.3 is 15.2 Å². The van der Waals surface area contributed by atoms with Gasteiger partial charge in [0.25, 0.3) is 0 Å². The van der Waals surface area contributed by atoms with E-state index in [0.29, 0.717) is 0 Å². The van der Waals surface area contributed by atoms with E-state index >= 15 is 0 Å². The van der Waals surface area contributed by atoms with Gasteiger partial charge in [0, 0.05) is 11.3 Å². The molecule has 0 bridgehead atoms. The summed E-state index contributed by atoms with van der Waals surface area (Å²) in [6, 6.07) is 12.7. The van der Waals surface area contributed by atoms with Crippen LogP contribution in [0.5, 0.6) is 0 Å². The Balaban J connectivity index is 2.22. The van der Waals surface area contributed by atoms with Crippen LogP contribution in [0.3, 0.4) is 0 Å². The van der Waals surface area contributed by atoms with Gasteiger partial charge in [-0.15, -0.1) is 0 Å². The molecule has 0 amide bonds. The van der Waals surface area contributed by atoms with Crippen molar-refractivity contribution in [2.75, 3.05) is 12.3 Å². The maximum Gasteiger partial charge on any atom is 0.325 e. The van der Waals surface area contributed by atoms with Gasteiger partial charge in [-0.25, -0.2) is 4.39 Å². The summed E-state index contributed by atoms with van der Waals surface area (Å²) in [6.07, 6.45) is 0. The molecule has 5 nitrogen and oxygen atoms in total. The standard InChI is InChI=1S/C18H18FNO4/c1-2-23-17(21)16(14-9-8-13(20)10-15(14)19)18(22)24-11-12-6-4-3-5-7-12/h3-10,16H,2,11,20H2,1H3. The first-order chi connectivity index (χ1) is 11.5. The summed E-state index contributed by atoms with van der Waals surface area (Å²) in [5.74, 6) is -3.99. The number of anilines is 1. The van der Waals surface area contributed by atoms with Crippen LogP contribution < -0.4 is 5.73 Å². The fourth-order valence-electron chi connectivity index (χ4n) is 2.17. The number of rotatable bonds is 6. The second kappa shape index (κ2) is 8.10. The van der Waals surface area contributed by atoms with Crippen molar-refractivity contribution in [3.63, 3.8) is 0 Å². The first-order valence-electron chi connectivity index (χ1n) is 7.45. The Hall–Kier alpha value is -2.89. The number of nitrogen functional groups attached to an aromatic ring is 1. The molecule has 0 saturated carbocycles. The number of carbonyl (C=O) groups excluding carboxylic acids is 2. The molecule has 0 aliphatic rings. The van der Waals surface area contributed by atoms with Crippen molar-refractivity contribution in [2.24, 2.45) is 0 Å². The zero-order valence-corrected chi connectivity index (χ0v) is 13.2. The fourth-order valence-corrected chi connectivity index (χ4v) is 2.17. The lowest BCUT2D eigenvalue weighted by Gasteiger charge is -2.16. The molecular formula is C18H18FNO4. The highest BCUT2D eigenvalue weighted by atomic mass is 19.1. The Morgan fingerprint density at radius 2 is 1.75 bits per heavy atom. The molecule has 0 aromatic heterocycles. The third-order valence-corrected chi connectivity index (χ3v) is 3.32. The van der Waals surface area contributed by atoms with Crippen molar-refractivity contribution in [1.29, 1.82) is 0 Å². The number of hydrogen-bond donors (Lipinski definition) is 1. The highest BCUT2D eigenvalue weighted by Crippen LogP contribution is 2.24. The van der Waals surface area contributed by atoms with Crippen LogP contribution in [0.15, 0.2) is 48.5 Å². The quantitative estimate of drug-likeness (QED) is 0.500. The molecule has 24 heavy (non-hydrogen) atoms. The summed E-state index contributed by atoms with van der Waals surface area (Å²) in [5.41, 5.74) is 6.32. The van der Waals surface area contributed by atoms with E-state index in [4.69, 9.17) is 15.2 Å². The Morgan fingerprint density at radius 3 is 2.38 bits per heavy atom. The number of hydrogen-bond acceptors (Lipinski definition) is 5. The molecule has 2 rings (SSSR count). The van der Waals surface area contributed by atoms with Gasteiger partial charge in [-0.3, -0.25) is 9.59 Å². The molecule has 0 aliphatic heterocycles. The SMILES string of the molecule is CCOC(=O)C(C(=O)OCc1ccccc1)c1ccc(N)cc1F. The highest BCUT2D eigenvalue weighted by molar-refractivity contribution is 6.01. The predicted octanol–water partition coefficient (Wildman–Crippen LogP) is 2.80. The Kier molecular flexibility index (Phi) is 5.89. The van der Waals surface area contributed by atoms with Gasteiger partial charge in [0.1, 0.15) is 12.4 Å². The number of ether oxygens (including phenoxy) is 2. The molecular weight excluding hydrogens is 313 g/mol. The molecule has 0 fully saturated rings. The lowest BCUT2D eigenvalue weighted by atomic mass is 9.98. The second-order valence-electron chi connectivity index (χ2n) is 5.06. The predicted molar refractivity (Wildman–Crippen MR) is 86.4 cm³/mol. The zero-order chi connectivity index (χ0) is 17.5. The molecule has 0 heterocycles. The smallest absolute Gasteiger partial charge is 0.325 e. The molecule has 2 aromatic carbocycles. The van der Waals surface area contributed by atoms with Gasteiger partial charge in [-0.1, -0.05) is 36.4 Å². The van der Waals surface area contributed by atoms with E-state index < -0.39 is 23.7 Å². The van der Waals surface area contributed by atoms with E-state index in [2.05, 4.69) is 0 Å². The summed E-state index contributed by atoms with van der Waals surface area (Å²) < 4.78 is 24.2. The second-order valence-corrected chi connectivity index (χ2v) is 5.06. The van der Waals surface area contributed by atoms with E-state index in [1.165, 1.54) is 12.1 Å². The first-order valence-corrected chi connectivity index (χ1v) is 7.45. The molecule has 126 valence electrons. The van der Waals surface area contributed by atoms with Crippen LogP contribution in [-0.4, -0.2) is 18.5 Å². The van der Waals surface area contributed by atoms with Crippen LogP contribution in [0.25, 0.3) is 0 Å². The van der Waals surface area contributed by atoms with Gasteiger partial charge in [0.15, 0.2) is 5.92 Å². The topological polar surface area (TPSA) is 78.6 Å². The minimum atomic E-state index is -1.49. The summed E-state index contributed by atoms with van der Waals surface area (Å²) in [6.45, 7) is 1.65. The van der Waals surface area contributed by atoms with Crippen molar-refractivity contribution in [2.45, 2.75) is 19.4 Å². The van der Waals surface area contributed by atoms with Crippen LogP contribution in [0.1, 0.15) is 24.0 Å². The molecule has 0 aliphatic carbocycles. The van der Waals surface area contributed by atoms with Crippen molar-refractivity contribution >= 4 is 17.6 Å². The molecule has 2 aromatic rings. The zero-order valence-electron chi connectivity index (χ0n) is 13.2. The average molecular weight is 331 g/mol. The lowest BCUT2D eigenvalue weighted by molar-refractivity contribution is -0.158. The molecule has 1 atom stereocenters. The van der Waals surface area contributed by atoms with E-state index in [1.807, 2.05) is 6.07 Å². The number of esters is 2. The molecule has 1 unspecified atom stereocenters. The number of benzene rings is 2. The van der Waals surface area contributed by atoms with E-state index in [1.54, 1.807) is 31.2 Å². The van der Waals surface area contributed by atoms with Crippen LogP contribution >= 0.6 is 0 Å². The largest absolute Gasteiger partial charge is 0.465 e. The van der Waals surface area contributed by atoms with Crippen LogP contribution in [0.4, 0.5) is 10.1 Å². The van der Waals surface area contributed by atoms with Crippen molar-refractivity contribution in [3.05, 3.63) is 65.5 Å². The highest BCUT2D eigenvalue weighted by Gasteiger charge is 2.34. The van der Waals surface area contributed by atoms with Gasteiger partial charge in [-0.05, 0) is 24.6 Å². The Bertz CT molecular complexity index is 718. The lowest BCUT2D eigenvalue weighted by Crippen LogP contribution is -2.27. The summed E-state index contributed by atoms with van der Waals surface area (Å²) in [5, 5.41) is 0. The maximum atomic E-state index is 14.1. The van der Waals surface area contributed by atoms with Gasteiger partial charge >= 0.3 is 11.9 Å². The van der Waals surface area contributed by atoms with Crippen LogP contribution in [0, 0.1) is 5.82 Å². The first kappa shape index (κ1) is 17.5. The number of carbonyl (C=O) groups is 2. The third kappa shape index (κ3) is 4.32. The van der Waals surface area contributed by atoms with E-state index in [0.717, 1.165) is 11.6 Å². The molecule has 2 N–H and O–H groups in total. The summed E-state index contributed by atoms with van der Waals surface area (Å²) in [7, 11) is 0. The van der Waals surface area contributed by atoms with Gasteiger partial charge in [0.2, 0.25) is 0 Å². The van der Waals surface area contributed by atoms with Crippen molar-refractivity contribution in [3.8, 4) is 0 Å². The number of halogens is 1. The molecule has 0 radical (unpaired) electrons. The average Bonchev–Trinajstić information content (AvgIpc) is 2.56. The third-order valence-electron chi connectivity index (χ3n) is 3.32. The summed E-state index contributed by atoms with van der Waals surface area (Å²) >= 11 is 0. The Morgan fingerprint density at radius 1 is 1.08 bits per heavy atom. The van der Waals surface area contributed by atoms with Crippen LogP contribution in [-0.2, 0) is 25.7 Å². The molecule has 0 saturated heterocycles. The van der Waals surface area contributed by atoms with Crippen molar-refractivity contribution < 1.29 is 23.5 Å². The monoisotopic (exact) mass is 331 g/mol.